The molecule has 0 aliphatic carbocycles. The molecule has 0 N–H and O–H groups in total. The third-order valence-corrected chi connectivity index (χ3v) is 4.19. The average Bonchev–Trinajstić information content (AvgIpc) is 2.52. The van der Waals surface area contributed by atoms with Crippen LogP contribution in [0.1, 0.15) is 10.4 Å². The van der Waals surface area contributed by atoms with Crippen LogP contribution in [0, 0.1) is 4.91 Å². The standard InChI is InChI=1S/C13H14N2O4S/c16-6-11-12(14-18)2-1-3-13(11)19-7-10-8-20-5-4-15(10)9-17/h1-3,6,9-10H,4-5,7-8H2. The van der Waals surface area contributed by atoms with Gasteiger partial charge in [-0.15, -0.1) is 4.91 Å². The number of thioether (sulfide) groups is 1. The van der Waals surface area contributed by atoms with E-state index in [1.54, 1.807) is 28.8 Å². The molecule has 0 aromatic heterocycles. The maximum atomic E-state index is 11.0. The average molecular weight is 294 g/mol. The van der Waals surface area contributed by atoms with Crippen LogP contribution in [0.4, 0.5) is 5.69 Å². The number of hydrogen-bond acceptors (Lipinski definition) is 6. The van der Waals surface area contributed by atoms with Crippen LogP contribution in [-0.4, -0.2) is 48.3 Å². The van der Waals surface area contributed by atoms with Crippen LogP contribution >= 0.6 is 11.8 Å². The van der Waals surface area contributed by atoms with E-state index in [0.717, 1.165) is 17.9 Å². The zero-order valence-electron chi connectivity index (χ0n) is 10.7. The smallest absolute Gasteiger partial charge is 0.210 e. The Balaban J connectivity index is 2.08. The number of hydrogen-bond donors (Lipinski definition) is 0. The number of aldehydes is 1. The van der Waals surface area contributed by atoms with Crippen molar-refractivity contribution in [3.63, 3.8) is 0 Å². The van der Waals surface area contributed by atoms with E-state index < -0.39 is 0 Å². The van der Waals surface area contributed by atoms with Gasteiger partial charge in [0.05, 0.1) is 11.6 Å². The van der Waals surface area contributed by atoms with Crippen LogP contribution in [0.25, 0.3) is 0 Å². The summed E-state index contributed by atoms with van der Waals surface area (Å²) in [5, 5.41) is 2.80. The summed E-state index contributed by atoms with van der Waals surface area (Å²) in [6.07, 6.45) is 1.37. The van der Waals surface area contributed by atoms with Crippen molar-refractivity contribution in [2.24, 2.45) is 5.18 Å². The molecule has 1 saturated heterocycles. The van der Waals surface area contributed by atoms with Gasteiger partial charge in [-0.2, -0.15) is 11.8 Å². The summed E-state index contributed by atoms with van der Waals surface area (Å²) in [5.41, 5.74) is 0.200. The third kappa shape index (κ3) is 3.16. The number of nitrogens with zero attached hydrogens (tertiary/aromatic N) is 2. The Morgan fingerprint density at radius 3 is 3.00 bits per heavy atom. The fourth-order valence-electron chi connectivity index (χ4n) is 1.99. The summed E-state index contributed by atoms with van der Waals surface area (Å²) in [4.78, 5) is 34.3. The molecule has 0 bridgehead atoms. The molecule has 20 heavy (non-hydrogen) atoms. The van der Waals surface area contributed by atoms with Gasteiger partial charge in [-0.1, -0.05) is 6.07 Å². The van der Waals surface area contributed by atoms with Crippen molar-refractivity contribution in [1.29, 1.82) is 0 Å². The molecular weight excluding hydrogens is 280 g/mol. The molecule has 1 heterocycles. The number of carbonyl (C=O) groups is 2. The number of carbonyl (C=O) groups excluding carboxylic acids is 2. The van der Waals surface area contributed by atoms with E-state index in [1.165, 1.54) is 6.07 Å². The highest BCUT2D eigenvalue weighted by molar-refractivity contribution is 7.99. The highest BCUT2D eigenvalue weighted by Gasteiger charge is 2.22. The molecule has 0 spiro atoms. The first kappa shape index (κ1) is 14.5. The normalized spacial score (nSPS) is 18.4. The molecule has 2 rings (SSSR count). The van der Waals surface area contributed by atoms with Gasteiger partial charge in [-0.3, -0.25) is 9.59 Å². The molecule has 7 heteroatoms. The van der Waals surface area contributed by atoms with E-state index >= 15 is 0 Å². The second kappa shape index (κ2) is 7.04. The minimum atomic E-state index is -0.0291. The predicted octanol–water partition coefficient (Wildman–Crippen LogP) is 1.85. The molecule has 1 fully saturated rings. The van der Waals surface area contributed by atoms with Crippen molar-refractivity contribution in [1.82, 2.24) is 4.90 Å². The molecule has 1 aliphatic rings. The van der Waals surface area contributed by atoms with E-state index in [2.05, 4.69) is 5.18 Å². The molecule has 106 valence electrons. The highest BCUT2D eigenvalue weighted by Crippen LogP contribution is 2.27. The van der Waals surface area contributed by atoms with Crippen LogP contribution in [0.15, 0.2) is 23.4 Å². The van der Waals surface area contributed by atoms with Crippen molar-refractivity contribution in [3.05, 3.63) is 28.7 Å². The van der Waals surface area contributed by atoms with Crippen molar-refractivity contribution in [2.45, 2.75) is 6.04 Å². The quantitative estimate of drug-likeness (QED) is 0.591. The van der Waals surface area contributed by atoms with Crippen molar-refractivity contribution in [2.75, 3.05) is 24.7 Å². The largest absolute Gasteiger partial charge is 0.491 e. The molecule has 1 atom stereocenters. The maximum absolute atomic E-state index is 11.0. The second-order valence-corrected chi connectivity index (χ2v) is 5.43. The van der Waals surface area contributed by atoms with Crippen molar-refractivity contribution >= 4 is 30.1 Å². The monoisotopic (exact) mass is 294 g/mol. The summed E-state index contributed by atoms with van der Waals surface area (Å²) in [5.74, 6) is 2.03. The maximum Gasteiger partial charge on any atom is 0.210 e. The summed E-state index contributed by atoms with van der Waals surface area (Å²) in [6, 6.07) is 4.64. The van der Waals surface area contributed by atoms with Gasteiger partial charge in [0.1, 0.15) is 18.0 Å². The number of benzene rings is 1. The Morgan fingerprint density at radius 1 is 1.45 bits per heavy atom. The molecule has 6 nitrogen and oxygen atoms in total. The van der Waals surface area contributed by atoms with Gasteiger partial charge in [0, 0.05) is 18.1 Å². The molecule has 0 saturated carbocycles. The van der Waals surface area contributed by atoms with Gasteiger partial charge < -0.3 is 9.64 Å². The predicted molar refractivity (Wildman–Crippen MR) is 76.7 cm³/mol. The molecule has 1 aromatic rings. The van der Waals surface area contributed by atoms with Gasteiger partial charge in [0.2, 0.25) is 6.41 Å². The minimum Gasteiger partial charge on any atom is -0.491 e. The Hall–Kier alpha value is -1.89. The zero-order valence-corrected chi connectivity index (χ0v) is 11.5. The minimum absolute atomic E-state index is 0.0291. The summed E-state index contributed by atoms with van der Waals surface area (Å²) in [6.45, 7) is 0.980. The molecule has 1 unspecified atom stereocenters. The molecule has 0 radical (unpaired) electrons. The lowest BCUT2D eigenvalue weighted by atomic mass is 10.2. The Labute approximate surface area is 120 Å². The van der Waals surface area contributed by atoms with Crippen LogP contribution in [0.5, 0.6) is 5.75 Å². The van der Waals surface area contributed by atoms with Crippen LogP contribution in [-0.2, 0) is 4.79 Å². The van der Waals surface area contributed by atoms with Gasteiger partial charge in [0.15, 0.2) is 6.29 Å². The van der Waals surface area contributed by atoms with Gasteiger partial charge in [-0.05, 0) is 17.3 Å². The van der Waals surface area contributed by atoms with E-state index in [-0.39, 0.29) is 23.9 Å². The lowest BCUT2D eigenvalue weighted by Gasteiger charge is -2.32. The molecule has 1 amide bonds. The van der Waals surface area contributed by atoms with Crippen LogP contribution in [0.3, 0.4) is 0 Å². The lowest BCUT2D eigenvalue weighted by Crippen LogP contribution is -2.44. The second-order valence-electron chi connectivity index (χ2n) is 4.28. The van der Waals surface area contributed by atoms with E-state index in [9.17, 15) is 14.5 Å². The van der Waals surface area contributed by atoms with E-state index in [1.807, 2.05) is 0 Å². The first-order valence-electron chi connectivity index (χ1n) is 6.13. The topological polar surface area (TPSA) is 76.0 Å². The third-order valence-electron chi connectivity index (χ3n) is 3.10. The number of amides is 1. The van der Waals surface area contributed by atoms with Crippen LogP contribution < -0.4 is 4.74 Å². The van der Waals surface area contributed by atoms with Gasteiger partial charge in [0.25, 0.3) is 0 Å². The molecular formula is C13H14N2O4S. The fourth-order valence-corrected chi connectivity index (χ4v) is 3.06. The van der Waals surface area contributed by atoms with Gasteiger partial charge >= 0.3 is 0 Å². The first-order valence-corrected chi connectivity index (χ1v) is 7.28. The Morgan fingerprint density at radius 2 is 2.30 bits per heavy atom. The van der Waals surface area contributed by atoms with Crippen molar-refractivity contribution < 1.29 is 14.3 Å². The number of nitroso groups, excluding NO2 is 1. The van der Waals surface area contributed by atoms with Gasteiger partial charge in [-0.25, -0.2) is 0 Å². The van der Waals surface area contributed by atoms with Crippen LogP contribution in [0.2, 0.25) is 0 Å². The van der Waals surface area contributed by atoms with E-state index in [0.29, 0.717) is 18.6 Å². The zero-order chi connectivity index (χ0) is 14.4. The molecule has 1 aromatic carbocycles. The first-order chi connectivity index (χ1) is 9.80. The summed E-state index contributed by atoms with van der Waals surface area (Å²) >= 11 is 1.76. The number of ether oxygens (including phenoxy) is 1. The summed E-state index contributed by atoms with van der Waals surface area (Å²) < 4.78 is 5.60. The highest BCUT2D eigenvalue weighted by atomic mass is 32.2. The number of rotatable bonds is 6. The van der Waals surface area contributed by atoms with E-state index in [4.69, 9.17) is 4.74 Å². The Kier molecular flexibility index (Phi) is 5.11. The Bertz CT molecular complexity index is 509. The lowest BCUT2D eigenvalue weighted by molar-refractivity contribution is -0.120. The molecule has 1 aliphatic heterocycles. The fraction of sp³-hybridized carbons (Fsp3) is 0.385. The SMILES string of the molecule is O=Cc1c(N=O)cccc1OCC1CSCCN1C=O. The summed E-state index contributed by atoms with van der Waals surface area (Å²) in [7, 11) is 0. The van der Waals surface area contributed by atoms with Crippen molar-refractivity contribution in [3.8, 4) is 5.75 Å².